The molecular weight excluding hydrogens is 615 g/mol. The molecule has 0 N–H and O–H groups in total. The van der Waals surface area contributed by atoms with Gasteiger partial charge in [0.15, 0.2) is 5.78 Å². The third kappa shape index (κ3) is 5.18. The molecule has 7 rings (SSSR count). The number of rotatable bonds is 5. The second-order valence-electron chi connectivity index (χ2n) is 19.5. The highest BCUT2D eigenvalue weighted by Crippen LogP contribution is 2.77. The number of ketones is 1. The molecule has 0 unspecified atom stereocenters. The van der Waals surface area contributed by atoms with Crippen molar-refractivity contribution in [3.05, 3.63) is 11.1 Å². The molecule has 2 heterocycles. The van der Waals surface area contributed by atoms with Gasteiger partial charge in [0, 0.05) is 51.0 Å². The van der Waals surface area contributed by atoms with Crippen LogP contribution in [0.1, 0.15) is 139 Å². The van der Waals surface area contributed by atoms with Gasteiger partial charge in [-0.25, -0.2) is 4.39 Å². The molecule has 7 aliphatic rings. The van der Waals surface area contributed by atoms with E-state index in [0.29, 0.717) is 31.1 Å². The van der Waals surface area contributed by atoms with Gasteiger partial charge in [0.25, 0.3) is 0 Å². The molecular formula is C42H65FN2O4. The molecule has 0 aromatic carbocycles. The van der Waals surface area contributed by atoms with Crippen LogP contribution in [-0.2, 0) is 19.1 Å². The van der Waals surface area contributed by atoms with Crippen LogP contribution in [0, 0.1) is 50.7 Å². The van der Waals surface area contributed by atoms with Crippen LogP contribution in [-0.4, -0.2) is 72.0 Å². The molecule has 4 saturated carbocycles. The first-order valence-corrected chi connectivity index (χ1v) is 20.1. The molecule has 2 aliphatic heterocycles. The second kappa shape index (κ2) is 12.2. The predicted molar refractivity (Wildman–Crippen MR) is 190 cm³/mol. The zero-order valence-corrected chi connectivity index (χ0v) is 32.0. The van der Waals surface area contributed by atoms with E-state index in [9.17, 15) is 14.0 Å². The van der Waals surface area contributed by atoms with Crippen molar-refractivity contribution in [1.29, 1.82) is 0 Å². The van der Waals surface area contributed by atoms with Crippen LogP contribution >= 0.6 is 0 Å². The van der Waals surface area contributed by atoms with Crippen molar-refractivity contribution in [1.82, 2.24) is 9.80 Å². The fourth-order valence-electron chi connectivity index (χ4n) is 14.2. The first kappa shape index (κ1) is 35.6. The number of hydrogen-bond acceptors (Lipinski definition) is 5. The third-order valence-electron chi connectivity index (χ3n) is 16.7. The molecule has 0 aromatic heterocycles. The molecule has 0 aromatic rings. The number of esters is 1. The highest BCUT2D eigenvalue weighted by Gasteiger charge is 2.71. The van der Waals surface area contributed by atoms with Crippen molar-refractivity contribution in [2.24, 2.45) is 50.7 Å². The lowest BCUT2D eigenvalue weighted by Crippen LogP contribution is -2.66. The monoisotopic (exact) mass is 680 g/mol. The standard InChI is InChI=1S/C42H65FN2O4/c1-26(2)35-31(47)24-42(37(48)45-21-9-10-29(45)25-44-22-15-28(43)16-23-44)20-19-40(7)30(36(35)42)11-12-33-39(6)17-14-34(49-27(3)46)38(4,5)32(39)13-18-41(33,40)8/h26,28-30,32-34H,9-25H2,1-8H3/t29-,30+,32-,33+,34-,39-,40+,41+,42+/m0/s1. The Morgan fingerprint density at radius 3 is 2.24 bits per heavy atom. The average Bonchev–Trinajstić information content (AvgIpc) is 3.61. The minimum Gasteiger partial charge on any atom is -0.462 e. The number of hydrogen-bond donors (Lipinski definition) is 0. The van der Waals surface area contributed by atoms with Crippen molar-refractivity contribution < 1.29 is 23.5 Å². The van der Waals surface area contributed by atoms with E-state index >= 15 is 4.79 Å². The lowest BCUT2D eigenvalue weighted by atomic mass is 9.33. The molecule has 6 fully saturated rings. The summed E-state index contributed by atoms with van der Waals surface area (Å²) >= 11 is 0. The third-order valence-corrected chi connectivity index (χ3v) is 16.7. The molecule has 49 heavy (non-hydrogen) atoms. The van der Waals surface area contributed by atoms with Crippen LogP contribution in [0.4, 0.5) is 4.39 Å². The Morgan fingerprint density at radius 2 is 1.57 bits per heavy atom. The first-order valence-electron chi connectivity index (χ1n) is 20.1. The highest BCUT2D eigenvalue weighted by molar-refractivity contribution is 6.07. The molecule has 274 valence electrons. The van der Waals surface area contributed by atoms with Gasteiger partial charge in [-0.2, -0.15) is 0 Å². The molecule has 9 atom stereocenters. The average molecular weight is 681 g/mol. The summed E-state index contributed by atoms with van der Waals surface area (Å²) in [6.45, 7) is 21.4. The van der Waals surface area contributed by atoms with Gasteiger partial charge in [-0.3, -0.25) is 14.4 Å². The Hall–Kier alpha value is -1.76. The van der Waals surface area contributed by atoms with E-state index in [1.807, 2.05) is 0 Å². The molecule has 0 bridgehead atoms. The minimum absolute atomic E-state index is 0.00572. The van der Waals surface area contributed by atoms with E-state index in [-0.39, 0.29) is 63.3 Å². The number of amides is 1. The van der Waals surface area contributed by atoms with E-state index in [1.54, 1.807) is 6.92 Å². The number of piperidine rings is 1. The van der Waals surface area contributed by atoms with Gasteiger partial charge < -0.3 is 14.5 Å². The number of allylic oxidation sites excluding steroid dienone is 1. The SMILES string of the molecule is CC(=O)O[C@H]1CC[C@]2(C)[C@H]3CC[C@@H]4C5=C(C(C)C)C(=O)C[C@]5(C(=O)N5CCC[C@H]5CN5CCC(F)CC5)CC[C@@]4(C)[C@]3(C)CC[C@H]2C1(C)C. The Bertz CT molecular complexity index is 1400. The maximum atomic E-state index is 15.2. The largest absolute Gasteiger partial charge is 0.462 e. The van der Waals surface area contributed by atoms with Crippen LogP contribution < -0.4 is 0 Å². The van der Waals surface area contributed by atoms with Crippen LogP contribution in [0.3, 0.4) is 0 Å². The Kier molecular flexibility index (Phi) is 8.84. The Morgan fingerprint density at radius 1 is 0.857 bits per heavy atom. The number of Topliss-reactive ketones (excluding diaryl/α,β-unsaturated/α-hetero) is 1. The fourth-order valence-corrected chi connectivity index (χ4v) is 14.2. The van der Waals surface area contributed by atoms with Crippen LogP contribution in [0.25, 0.3) is 0 Å². The molecule has 5 aliphatic carbocycles. The zero-order chi connectivity index (χ0) is 35.3. The molecule has 2 saturated heterocycles. The fraction of sp³-hybridized carbons (Fsp3) is 0.881. The molecule has 0 radical (unpaired) electrons. The Labute approximate surface area is 295 Å². The number of fused-ring (bicyclic) bond motifs is 7. The minimum atomic E-state index is -0.705. The number of ether oxygens (including phenoxy) is 1. The number of carbonyl (C=O) groups is 3. The Balaban J connectivity index is 1.21. The van der Waals surface area contributed by atoms with Gasteiger partial charge in [0.2, 0.25) is 5.91 Å². The van der Waals surface area contributed by atoms with Crippen LogP contribution in [0.5, 0.6) is 0 Å². The van der Waals surface area contributed by atoms with Gasteiger partial charge in [0.1, 0.15) is 12.3 Å². The maximum absolute atomic E-state index is 15.2. The normalized spacial score (nSPS) is 44.0. The van der Waals surface area contributed by atoms with Gasteiger partial charge >= 0.3 is 5.97 Å². The van der Waals surface area contributed by atoms with E-state index in [1.165, 1.54) is 5.57 Å². The predicted octanol–water partition coefficient (Wildman–Crippen LogP) is 8.32. The van der Waals surface area contributed by atoms with E-state index in [2.05, 4.69) is 58.3 Å². The van der Waals surface area contributed by atoms with Crippen LogP contribution in [0.2, 0.25) is 0 Å². The van der Waals surface area contributed by atoms with Gasteiger partial charge in [-0.05, 0) is 128 Å². The summed E-state index contributed by atoms with van der Waals surface area (Å²) in [7, 11) is 0. The lowest BCUT2D eigenvalue weighted by Gasteiger charge is -2.72. The molecule has 1 amide bonds. The van der Waals surface area contributed by atoms with Crippen molar-refractivity contribution >= 4 is 17.7 Å². The molecule has 0 spiro atoms. The number of alkyl halides is 1. The number of halogens is 1. The van der Waals surface area contributed by atoms with E-state index in [0.717, 1.165) is 96.0 Å². The molecule has 7 heteroatoms. The number of carbonyl (C=O) groups excluding carboxylic acids is 3. The smallest absolute Gasteiger partial charge is 0.302 e. The summed E-state index contributed by atoms with van der Waals surface area (Å²) in [5, 5.41) is 0. The summed E-state index contributed by atoms with van der Waals surface area (Å²) in [6, 6.07) is 0.153. The summed E-state index contributed by atoms with van der Waals surface area (Å²) in [5.74, 6) is 1.66. The highest BCUT2D eigenvalue weighted by atomic mass is 19.1. The van der Waals surface area contributed by atoms with Crippen molar-refractivity contribution in [3.63, 3.8) is 0 Å². The number of nitrogens with zero attached hydrogens (tertiary/aromatic N) is 2. The van der Waals surface area contributed by atoms with Crippen LogP contribution in [0.15, 0.2) is 11.1 Å². The van der Waals surface area contributed by atoms with Crippen molar-refractivity contribution in [2.45, 2.75) is 157 Å². The molecule has 6 nitrogen and oxygen atoms in total. The van der Waals surface area contributed by atoms with Crippen molar-refractivity contribution in [2.75, 3.05) is 26.2 Å². The summed E-state index contributed by atoms with van der Waals surface area (Å²) < 4.78 is 19.9. The summed E-state index contributed by atoms with van der Waals surface area (Å²) in [6.07, 6.45) is 11.0. The van der Waals surface area contributed by atoms with Gasteiger partial charge in [-0.15, -0.1) is 0 Å². The topological polar surface area (TPSA) is 66.9 Å². The zero-order valence-electron chi connectivity index (χ0n) is 32.0. The summed E-state index contributed by atoms with van der Waals surface area (Å²) in [4.78, 5) is 46.0. The first-order chi connectivity index (χ1) is 23.0. The number of likely N-dealkylation sites (tertiary alicyclic amines) is 2. The maximum Gasteiger partial charge on any atom is 0.302 e. The van der Waals surface area contributed by atoms with E-state index < -0.39 is 11.6 Å². The van der Waals surface area contributed by atoms with Gasteiger partial charge in [0.05, 0.1) is 5.41 Å². The van der Waals surface area contributed by atoms with Crippen molar-refractivity contribution in [3.8, 4) is 0 Å². The lowest BCUT2D eigenvalue weighted by molar-refractivity contribution is -0.232. The second-order valence-corrected chi connectivity index (χ2v) is 19.5. The quantitative estimate of drug-likeness (QED) is 0.273. The van der Waals surface area contributed by atoms with Gasteiger partial charge in [-0.1, -0.05) is 48.5 Å². The summed E-state index contributed by atoms with van der Waals surface area (Å²) in [5.41, 5.74) is 1.71. The van der Waals surface area contributed by atoms with E-state index in [4.69, 9.17) is 4.74 Å².